The minimum absolute atomic E-state index is 0.388. The summed E-state index contributed by atoms with van der Waals surface area (Å²) in [5.41, 5.74) is 5.57. The van der Waals surface area contributed by atoms with Crippen molar-refractivity contribution in [3.8, 4) is 0 Å². The van der Waals surface area contributed by atoms with Crippen molar-refractivity contribution < 1.29 is 0 Å². The Bertz CT molecular complexity index is 306. The Balaban J connectivity index is 2.58. The monoisotopic (exact) mass is 239 g/mol. The third kappa shape index (κ3) is 5.06. The van der Waals surface area contributed by atoms with E-state index >= 15 is 0 Å². The predicted molar refractivity (Wildman–Crippen MR) is 71.9 cm³/mol. The fourth-order valence-corrected chi connectivity index (χ4v) is 1.55. The van der Waals surface area contributed by atoms with Crippen LogP contribution in [0, 0.1) is 11.8 Å². The van der Waals surface area contributed by atoms with Crippen LogP contribution >= 0.6 is 0 Å². The molecule has 1 aromatic rings. The minimum atomic E-state index is 0.388. The van der Waals surface area contributed by atoms with Crippen molar-refractivity contribution in [1.29, 1.82) is 0 Å². The molecule has 0 fully saturated rings. The van der Waals surface area contributed by atoms with Gasteiger partial charge in [0.1, 0.15) is 0 Å². The molecule has 98 valence electrons. The van der Waals surface area contributed by atoms with E-state index in [-0.39, 0.29) is 0 Å². The van der Waals surface area contributed by atoms with Crippen LogP contribution in [-0.4, -0.2) is 28.3 Å². The van der Waals surface area contributed by atoms with Gasteiger partial charge in [0.25, 0.3) is 0 Å². The number of rotatable bonds is 7. The maximum atomic E-state index is 5.57. The van der Waals surface area contributed by atoms with Crippen LogP contribution < -0.4 is 10.6 Å². The lowest BCUT2D eigenvalue weighted by Crippen LogP contribution is -2.28. The first-order valence-electron chi connectivity index (χ1n) is 6.42. The van der Waals surface area contributed by atoms with Crippen LogP contribution in [0.3, 0.4) is 0 Å². The second kappa shape index (κ2) is 6.47. The third-order valence-corrected chi connectivity index (χ3v) is 2.73. The molecule has 0 aromatic carbocycles. The maximum Gasteiger partial charge on any atom is 0.246 e. The van der Waals surface area contributed by atoms with Crippen LogP contribution in [0.5, 0.6) is 0 Å². The van der Waals surface area contributed by atoms with Crippen LogP contribution in [0.1, 0.15) is 40.5 Å². The number of hydrogen-bond donors (Lipinski definition) is 2. The summed E-state index contributed by atoms with van der Waals surface area (Å²) in [5.74, 6) is 2.49. The van der Waals surface area contributed by atoms with Gasteiger partial charge in [-0.3, -0.25) is 0 Å². The Morgan fingerprint density at radius 2 is 1.65 bits per heavy atom. The molecule has 0 aliphatic rings. The van der Waals surface area contributed by atoms with E-state index in [4.69, 9.17) is 5.73 Å². The van der Waals surface area contributed by atoms with Crippen molar-refractivity contribution >= 4 is 11.9 Å². The van der Waals surface area contributed by atoms with E-state index in [1.54, 1.807) is 0 Å². The highest BCUT2D eigenvalue weighted by molar-refractivity contribution is 5.33. The normalized spacial score (nSPS) is 11.4. The van der Waals surface area contributed by atoms with E-state index in [2.05, 4.69) is 47.8 Å². The number of nitrogens with two attached hydrogens (primary N) is 1. The fourth-order valence-electron chi connectivity index (χ4n) is 1.55. The van der Waals surface area contributed by atoms with Gasteiger partial charge in [0.15, 0.2) is 0 Å². The maximum absolute atomic E-state index is 5.57. The van der Waals surface area contributed by atoms with E-state index in [0.29, 0.717) is 17.8 Å². The second-order valence-corrected chi connectivity index (χ2v) is 5.37. The van der Waals surface area contributed by atoms with Crippen LogP contribution in [0.2, 0.25) is 0 Å². The Hall–Kier alpha value is -1.26. The molecule has 0 unspecified atom stereocenters. The lowest BCUT2D eigenvalue weighted by molar-refractivity contribution is 0.530. The number of anilines is 2. The zero-order valence-corrected chi connectivity index (χ0v) is 11.4. The summed E-state index contributed by atoms with van der Waals surface area (Å²) in [7, 11) is 0. The standard InChI is InChI=1S/C12H25N5/c1-9(2)5-7-17(8-6-10(3)4)12-14-11(13)15-16-12/h9-10H,5-8H2,1-4H3,(H3,13,14,15,16). The van der Waals surface area contributed by atoms with Gasteiger partial charge in [-0.1, -0.05) is 27.7 Å². The van der Waals surface area contributed by atoms with Gasteiger partial charge in [0.05, 0.1) is 0 Å². The molecule has 17 heavy (non-hydrogen) atoms. The SMILES string of the molecule is CC(C)CCN(CCC(C)C)c1n[nH]c(N)n1. The van der Waals surface area contributed by atoms with E-state index in [0.717, 1.165) is 31.9 Å². The Kier molecular flexibility index (Phi) is 5.25. The highest BCUT2D eigenvalue weighted by Gasteiger charge is 2.12. The van der Waals surface area contributed by atoms with Crippen LogP contribution in [0.15, 0.2) is 0 Å². The number of H-pyrrole nitrogens is 1. The fraction of sp³-hybridized carbons (Fsp3) is 0.833. The van der Waals surface area contributed by atoms with Gasteiger partial charge in [-0.2, -0.15) is 4.98 Å². The van der Waals surface area contributed by atoms with Crippen molar-refractivity contribution in [2.45, 2.75) is 40.5 Å². The van der Waals surface area contributed by atoms with E-state index in [1.807, 2.05) is 0 Å². The molecule has 1 aromatic heterocycles. The summed E-state index contributed by atoms with van der Waals surface area (Å²) in [6.07, 6.45) is 2.29. The summed E-state index contributed by atoms with van der Waals surface area (Å²) < 4.78 is 0. The van der Waals surface area contributed by atoms with Crippen molar-refractivity contribution in [3.63, 3.8) is 0 Å². The van der Waals surface area contributed by atoms with Gasteiger partial charge in [-0.05, 0) is 24.7 Å². The second-order valence-electron chi connectivity index (χ2n) is 5.37. The van der Waals surface area contributed by atoms with Gasteiger partial charge >= 0.3 is 0 Å². The van der Waals surface area contributed by atoms with Gasteiger partial charge in [0.2, 0.25) is 11.9 Å². The molecule has 0 aliphatic heterocycles. The van der Waals surface area contributed by atoms with E-state index in [9.17, 15) is 0 Å². The smallest absolute Gasteiger partial charge is 0.246 e. The van der Waals surface area contributed by atoms with Crippen molar-refractivity contribution in [2.24, 2.45) is 11.8 Å². The molecule has 0 aliphatic carbocycles. The summed E-state index contributed by atoms with van der Waals surface area (Å²) in [6, 6.07) is 0. The molecule has 0 saturated heterocycles. The van der Waals surface area contributed by atoms with Crippen molar-refractivity contribution in [1.82, 2.24) is 15.2 Å². The first-order chi connectivity index (χ1) is 7.99. The molecule has 5 heteroatoms. The molecule has 3 N–H and O–H groups in total. The third-order valence-electron chi connectivity index (χ3n) is 2.73. The number of nitrogens with zero attached hydrogens (tertiary/aromatic N) is 3. The van der Waals surface area contributed by atoms with Crippen molar-refractivity contribution in [2.75, 3.05) is 23.7 Å². The molecular formula is C12H25N5. The van der Waals surface area contributed by atoms with Gasteiger partial charge in [0, 0.05) is 13.1 Å². The number of nitrogen functional groups attached to an aromatic ring is 1. The lowest BCUT2D eigenvalue weighted by Gasteiger charge is -2.22. The predicted octanol–water partition coefficient (Wildman–Crippen LogP) is 2.29. The Labute approximate surface area is 104 Å². The van der Waals surface area contributed by atoms with Gasteiger partial charge in [-0.25, -0.2) is 5.10 Å². The number of aromatic amines is 1. The molecule has 0 spiro atoms. The molecular weight excluding hydrogens is 214 g/mol. The zero-order valence-electron chi connectivity index (χ0n) is 11.4. The van der Waals surface area contributed by atoms with E-state index < -0.39 is 0 Å². The molecule has 0 saturated carbocycles. The summed E-state index contributed by atoms with van der Waals surface area (Å²) in [6.45, 7) is 10.9. The number of nitrogens with one attached hydrogen (secondary N) is 1. The van der Waals surface area contributed by atoms with Crippen LogP contribution in [-0.2, 0) is 0 Å². The first kappa shape index (κ1) is 13.8. The van der Waals surface area contributed by atoms with Gasteiger partial charge < -0.3 is 10.6 Å². The average molecular weight is 239 g/mol. The molecule has 0 atom stereocenters. The minimum Gasteiger partial charge on any atom is -0.368 e. The zero-order chi connectivity index (χ0) is 12.8. The first-order valence-corrected chi connectivity index (χ1v) is 6.42. The Morgan fingerprint density at radius 1 is 1.12 bits per heavy atom. The Morgan fingerprint density at radius 3 is 2.00 bits per heavy atom. The highest BCUT2D eigenvalue weighted by Crippen LogP contribution is 2.13. The van der Waals surface area contributed by atoms with Crippen molar-refractivity contribution in [3.05, 3.63) is 0 Å². The average Bonchev–Trinajstić information content (AvgIpc) is 2.64. The molecule has 0 bridgehead atoms. The van der Waals surface area contributed by atoms with E-state index in [1.165, 1.54) is 0 Å². The summed E-state index contributed by atoms with van der Waals surface area (Å²) >= 11 is 0. The largest absolute Gasteiger partial charge is 0.368 e. The highest BCUT2D eigenvalue weighted by atomic mass is 15.4. The van der Waals surface area contributed by atoms with Gasteiger partial charge in [-0.15, -0.1) is 5.10 Å². The molecule has 1 heterocycles. The summed E-state index contributed by atoms with van der Waals surface area (Å²) in [4.78, 5) is 6.42. The molecule has 0 radical (unpaired) electrons. The van der Waals surface area contributed by atoms with Crippen LogP contribution in [0.25, 0.3) is 0 Å². The molecule has 0 amide bonds. The quantitative estimate of drug-likeness (QED) is 0.766. The lowest BCUT2D eigenvalue weighted by atomic mass is 10.1. The van der Waals surface area contributed by atoms with Crippen LogP contribution in [0.4, 0.5) is 11.9 Å². The topological polar surface area (TPSA) is 70.8 Å². The number of aromatic nitrogens is 3. The molecule has 5 nitrogen and oxygen atoms in total. The summed E-state index contributed by atoms with van der Waals surface area (Å²) in [5, 5.41) is 6.84. The number of hydrogen-bond acceptors (Lipinski definition) is 4. The molecule has 1 rings (SSSR count).